The van der Waals surface area contributed by atoms with Crippen molar-refractivity contribution in [2.45, 2.75) is 52.6 Å². The second-order valence-corrected chi connectivity index (χ2v) is 7.53. The van der Waals surface area contributed by atoms with Gasteiger partial charge in [-0.15, -0.1) is 0 Å². The van der Waals surface area contributed by atoms with Crippen LogP contribution < -0.4 is 4.74 Å². The number of unbranched alkanes of at least 4 members (excludes halogenated alkanes) is 3. The molecule has 0 spiro atoms. The average Bonchev–Trinajstić information content (AvgIpc) is 2.75. The number of hydrogen-bond donors (Lipinski definition) is 2. The van der Waals surface area contributed by atoms with Crippen LogP contribution in [0.4, 0.5) is 0 Å². The number of hydrogen-bond acceptors (Lipinski definition) is 3. The van der Waals surface area contributed by atoms with Gasteiger partial charge in [0.2, 0.25) is 0 Å². The van der Waals surface area contributed by atoms with Crippen LogP contribution in [0.1, 0.15) is 55.7 Å². The second kappa shape index (κ2) is 12.4. The molecule has 2 rings (SSSR count). The first-order valence-corrected chi connectivity index (χ1v) is 10.6. The fourth-order valence-corrected chi connectivity index (χ4v) is 3.03. The van der Waals surface area contributed by atoms with Gasteiger partial charge < -0.3 is 14.9 Å². The zero-order valence-corrected chi connectivity index (χ0v) is 18.1. The molecule has 0 saturated carbocycles. The minimum Gasteiger partial charge on any atom is -0.489 e. The van der Waals surface area contributed by atoms with E-state index in [2.05, 4.69) is 6.92 Å². The van der Waals surface area contributed by atoms with Gasteiger partial charge >= 0.3 is 11.9 Å². The number of carboxylic acids is 2. The number of ether oxygens (including phenoxy) is 1. The molecule has 0 atom stereocenters. The van der Waals surface area contributed by atoms with Crippen molar-refractivity contribution in [3.8, 4) is 5.75 Å². The van der Waals surface area contributed by atoms with Crippen LogP contribution in [0.3, 0.4) is 0 Å². The van der Waals surface area contributed by atoms with Gasteiger partial charge in [-0.1, -0.05) is 68.1 Å². The molecule has 0 aromatic heterocycles. The first-order chi connectivity index (χ1) is 14.9. The lowest BCUT2D eigenvalue weighted by Gasteiger charge is -2.07. The van der Waals surface area contributed by atoms with Gasteiger partial charge in [0.15, 0.2) is 0 Å². The topological polar surface area (TPSA) is 83.8 Å². The van der Waals surface area contributed by atoms with E-state index in [4.69, 9.17) is 4.74 Å². The van der Waals surface area contributed by atoms with Crippen molar-refractivity contribution in [3.05, 3.63) is 82.4 Å². The van der Waals surface area contributed by atoms with Gasteiger partial charge in [-0.25, -0.2) is 9.59 Å². The van der Waals surface area contributed by atoms with E-state index in [0.29, 0.717) is 24.3 Å². The first kappa shape index (κ1) is 23.9. The Kier molecular flexibility index (Phi) is 9.56. The molecular weight excluding hydrogens is 392 g/mol. The maximum absolute atomic E-state index is 11.7. The zero-order chi connectivity index (χ0) is 22.6. The Morgan fingerprint density at radius 1 is 0.903 bits per heavy atom. The normalized spacial score (nSPS) is 11.9. The molecule has 0 aliphatic rings. The van der Waals surface area contributed by atoms with E-state index in [1.807, 2.05) is 31.2 Å². The Labute approximate surface area is 183 Å². The first-order valence-electron chi connectivity index (χ1n) is 10.6. The van der Waals surface area contributed by atoms with E-state index >= 15 is 0 Å². The van der Waals surface area contributed by atoms with Crippen LogP contribution in [0.25, 0.3) is 6.08 Å². The monoisotopic (exact) mass is 422 g/mol. The Bertz CT molecular complexity index is 921. The Morgan fingerprint density at radius 3 is 2.16 bits per heavy atom. The molecule has 0 amide bonds. The number of rotatable bonds is 12. The fraction of sp³-hybridized carbons (Fsp3) is 0.308. The van der Waals surface area contributed by atoms with Crippen LogP contribution in [0.5, 0.6) is 5.75 Å². The lowest BCUT2D eigenvalue weighted by Crippen LogP contribution is -2.05. The summed E-state index contributed by atoms with van der Waals surface area (Å²) in [4.78, 5) is 23.2. The van der Waals surface area contributed by atoms with E-state index in [-0.39, 0.29) is 11.1 Å². The molecule has 0 bridgehead atoms. The van der Waals surface area contributed by atoms with E-state index in [0.717, 1.165) is 31.2 Å². The maximum atomic E-state index is 11.7. The highest BCUT2D eigenvalue weighted by Crippen LogP contribution is 2.19. The number of carboxylic acid groups (broad SMARTS) is 2. The van der Waals surface area contributed by atoms with Crippen LogP contribution >= 0.6 is 0 Å². The van der Waals surface area contributed by atoms with Crippen LogP contribution in [0.15, 0.2) is 65.8 Å². The van der Waals surface area contributed by atoms with E-state index in [9.17, 15) is 19.8 Å². The molecule has 0 aliphatic carbocycles. The molecule has 2 N–H and O–H groups in total. The van der Waals surface area contributed by atoms with Crippen LogP contribution in [-0.2, 0) is 16.2 Å². The summed E-state index contributed by atoms with van der Waals surface area (Å²) in [5, 5.41) is 19.0. The molecule has 0 radical (unpaired) electrons. The molecule has 0 saturated heterocycles. The molecule has 2 aromatic carbocycles. The highest BCUT2D eigenvalue weighted by molar-refractivity contribution is 5.98. The molecule has 31 heavy (non-hydrogen) atoms. The summed E-state index contributed by atoms with van der Waals surface area (Å²) < 4.78 is 5.77. The number of aryl methyl sites for hydroxylation is 1. The van der Waals surface area contributed by atoms with Crippen molar-refractivity contribution < 1.29 is 24.5 Å². The third-order valence-corrected chi connectivity index (χ3v) is 4.88. The fourth-order valence-electron chi connectivity index (χ4n) is 3.03. The minimum atomic E-state index is -1.16. The van der Waals surface area contributed by atoms with Crippen LogP contribution in [0, 0.1) is 6.92 Å². The van der Waals surface area contributed by atoms with Gasteiger partial charge in [-0.3, -0.25) is 0 Å². The lowest BCUT2D eigenvalue weighted by atomic mass is 10.0. The van der Waals surface area contributed by atoms with Gasteiger partial charge in [-0.2, -0.15) is 0 Å². The molecule has 0 heterocycles. The van der Waals surface area contributed by atoms with Crippen LogP contribution in [0.2, 0.25) is 0 Å². The molecule has 2 aromatic rings. The predicted octanol–water partition coefficient (Wildman–Crippen LogP) is 6.02. The summed E-state index contributed by atoms with van der Waals surface area (Å²) in [6.07, 6.45) is 6.83. The van der Waals surface area contributed by atoms with Crippen LogP contribution in [-0.4, -0.2) is 22.2 Å². The average molecular weight is 423 g/mol. The van der Waals surface area contributed by atoms with Gasteiger partial charge in [0.1, 0.15) is 12.4 Å². The van der Waals surface area contributed by atoms with Crippen molar-refractivity contribution in [2.24, 2.45) is 0 Å². The molecule has 0 unspecified atom stereocenters. The summed E-state index contributed by atoms with van der Waals surface area (Å²) in [7, 11) is 0. The Morgan fingerprint density at radius 2 is 1.58 bits per heavy atom. The summed E-state index contributed by atoms with van der Waals surface area (Å²) in [6, 6.07) is 15.1. The Hall–Kier alpha value is -3.34. The summed E-state index contributed by atoms with van der Waals surface area (Å²) in [5.74, 6) is -1.57. The standard InChI is InChI=1S/C26H30O5/c1-3-4-5-6-7-22(25(27)28)17-23(26(29)30)16-20-12-14-24(15-13-20)31-18-21-10-8-19(2)9-11-21/h8-17H,3-7,18H2,1-2H3,(H,27,28)(H,29,30). The number of benzene rings is 2. The third kappa shape index (κ3) is 8.51. The molecule has 5 heteroatoms. The lowest BCUT2D eigenvalue weighted by molar-refractivity contribution is -0.133. The number of aliphatic carboxylic acids is 2. The summed E-state index contributed by atoms with van der Waals surface area (Å²) in [5.41, 5.74) is 2.97. The van der Waals surface area contributed by atoms with E-state index in [1.165, 1.54) is 17.7 Å². The smallest absolute Gasteiger partial charge is 0.335 e. The zero-order valence-electron chi connectivity index (χ0n) is 18.1. The van der Waals surface area contributed by atoms with E-state index in [1.54, 1.807) is 24.3 Å². The highest BCUT2D eigenvalue weighted by Gasteiger charge is 2.12. The quantitative estimate of drug-likeness (QED) is 0.248. The molecular formula is C26H30O5. The summed E-state index contributed by atoms with van der Waals surface area (Å²) in [6.45, 7) is 4.56. The van der Waals surface area contributed by atoms with Gasteiger partial charge in [0.05, 0.1) is 5.57 Å². The summed E-state index contributed by atoms with van der Waals surface area (Å²) >= 11 is 0. The van der Waals surface area contributed by atoms with Gasteiger partial charge in [-0.05, 0) is 55.2 Å². The second-order valence-electron chi connectivity index (χ2n) is 7.53. The third-order valence-electron chi connectivity index (χ3n) is 4.88. The van der Waals surface area contributed by atoms with Crippen molar-refractivity contribution >= 4 is 18.0 Å². The highest BCUT2D eigenvalue weighted by atomic mass is 16.5. The SMILES string of the molecule is CCCCCCC(=CC(=Cc1ccc(OCc2ccc(C)cc2)cc1)C(=O)O)C(=O)O. The van der Waals surface area contributed by atoms with Gasteiger partial charge in [0.25, 0.3) is 0 Å². The molecule has 164 valence electrons. The molecule has 0 fully saturated rings. The number of carbonyl (C=O) groups is 2. The molecule has 0 aliphatic heterocycles. The van der Waals surface area contributed by atoms with Crippen molar-refractivity contribution in [3.63, 3.8) is 0 Å². The Balaban J connectivity index is 2.08. The van der Waals surface area contributed by atoms with E-state index < -0.39 is 11.9 Å². The predicted molar refractivity (Wildman–Crippen MR) is 122 cm³/mol. The van der Waals surface area contributed by atoms with Gasteiger partial charge in [0, 0.05) is 5.57 Å². The maximum Gasteiger partial charge on any atom is 0.335 e. The largest absolute Gasteiger partial charge is 0.489 e. The van der Waals surface area contributed by atoms with Crippen molar-refractivity contribution in [1.82, 2.24) is 0 Å². The molecule has 5 nitrogen and oxygen atoms in total. The minimum absolute atomic E-state index is 0.0544. The van der Waals surface area contributed by atoms with Crippen molar-refractivity contribution in [1.29, 1.82) is 0 Å². The van der Waals surface area contributed by atoms with Crippen molar-refractivity contribution in [2.75, 3.05) is 0 Å².